The van der Waals surface area contributed by atoms with Gasteiger partial charge in [-0.25, -0.2) is 0 Å². The molecule has 142 valence electrons. The molecule has 0 radical (unpaired) electrons. The van der Waals surface area contributed by atoms with Crippen LogP contribution in [0.3, 0.4) is 0 Å². The van der Waals surface area contributed by atoms with Crippen molar-refractivity contribution in [2.45, 2.75) is 6.92 Å². The molecule has 1 aliphatic rings. The zero-order valence-electron chi connectivity index (χ0n) is 16.5. The number of anilines is 2. The molecule has 0 bridgehead atoms. The van der Waals surface area contributed by atoms with E-state index in [-0.39, 0.29) is 40.9 Å². The summed E-state index contributed by atoms with van der Waals surface area (Å²) in [6.45, 7) is 1.71. The smallest absolute Gasteiger partial charge is 0.869 e. The van der Waals surface area contributed by atoms with Gasteiger partial charge >= 0.3 is 29.6 Å². The third-order valence-corrected chi connectivity index (χ3v) is 4.94. The molecule has 1 N–H and O–H groups in total. The molecule has 29 heavy (non-hydrogen) atoms. The van der Waals surface area contributed by atoms with Crippen LogP contribution in [-0.4, -0.2) is 25.2 Å². The van der Waals surface area contributed by atoms with E-state index in [1.807, 2.05) is 43.3 Å². The molecular weight excluding hydrogens is 401 g/mol. The van der Waals surface area contributed by atoms with Crippen LogP contribution in [0.2, 0.25) is 5.02 Å². The summed E-state index contributed by atoms with van der Waals surface area (Å²) in [6.07, 6.45) is 0. The zero-order valence-corrected chi connectivity index (χ0v) is 19.3. The first-order valence-corrected chi connectivity index (χ1v) is 9.01. The van der Waals surface area contributed by atoms with Crippen LogP contribution < -0.4 is 44.9 Å². The molecular formula is C21H17ClN3NaO3. The van der Waals surface area contributed by atoms with Crippen molar-refractivity contribution in [1.29, 1.82) is 0 Å². The first kappa shape index (κ1) is 21.5. The van der Waals surface area contributed by atoms with Crippen LogP contribution in [-0.2, 0) is 4.79 Å². The monoisotopic (exact) mass is 417 g/mol. The van der Waals surface area contributed by atoms with Gasteiger partial charge in [-0.05, 0) is 42.5 Å². The van der Waals surface area contributed by atoms with Crippen molar-refractivity contribution in [1.82, 2.24) is 5.16 Å². The molecule has 1 amide bonds. The van der Waals surface area contributed by atoms with Crippen molar-refractivity contribution >= 4 is 40.2 Å². The number of carbonyl (C=O) groups is 1. The van der Waals surface area contributed by atoms with Crippen molar-refractivity contribution in [2.75, 3.05) is 24.3 Å². The second-order valence-electron chi connectivity index (χ2n) is 6.81. The minimum atomic E-state index is -0.506. The average Bonchev–Trinajstić information content (AvgIpc) is 3.23. The molecule has 0 atom stereocenters. The van der Waals surface area contributed by atoms with Crippen molar-refractivity contribution < 1.29 is 44.0 Å². The van der Waals surface area contributed by atoms with E-state index in [4.69, 9.17) is 16.1 Å². The maximum atomic E-state index is 12.8. The van der Waals surface area contributed by atoms with Crippen molar-refractivity contribution in [3.63, 3.8) is 0 Å². The van der Waals surface area contributed by atoms with Crippen molar-refractivity contribution in [2.24, 2.45) is 0 Å². The van der Waals surface area contributed by atoms with E-state index in [9.17, 15) is 9.90 Å². The summed E-state index contributed by atoms with van der Waals surface area (Å²) in [6, 6.07) is 12.8. The molecule has 2 aromatic carbocycles. The van der Waals surface area contributed by atoms with Gasteiger partial charge in [0.05, 0.1) is 16.4 Å². The molecule has 0 fully saturated rings. The van der Waals surface area contributed by atoms with Crippen molar-refractivity contribution in [3.8, 4) is 11.1 Å². The van der Waals surface area contributed by atoms with Crippen LogP contribution in [0.15, 0.2) is 47.0 Å². The molecule has 1 aromatic heterocycles. The van der Waals surface area contributed by atoms with Crippen LogP contribution >= 0.6 is 11.6 Å². The summed E-state index contributed by atoms with van der Waals surface area (Å²) in [5, 5.41) is 19.7. The Kier molecular flexibility index (Phi) is 6.10. The third kappa shape index (κ3) is 3.94. The average molecular weight is 418 g/mol. The number of hydrogen-bond acceptors (Lipinski definition) is 5. The van der Waals surface area contributed by atoms with Gasteiger partial charge in [-0.2, -0.15) is 0 Å². The number of aromatic nitrogens is 1. The van der Waals surface area contributed by atoms with Crippen LogP contribution in [0, 0.1) is 6.92 Å². The molecule has 0 spiro atoms. The number of hydrogen-bond donors (Lipinski definition) is 1. The van der Waals surface area contributed by atoms with Gasteiger partial charge < -0.3 is 19.8 Å². The standard InChI is InChI=1S/C21H18ClN3O3.Na/c1-11-8-18(28-24-11)20(26)19-15-9-14(16(22)10-17(15)23-21(19)27)12-4-6-13(7-5-12)25(2)3;/h4-10,26H,1-3H3,(H,23,27);/q;+1/p-1. The van der Waals surface area contributed by atoms with E-state index >= 15 is 0 Å². The van der Waals surface area contributed by atoms with Gasteiger partial charge in [0.1, 0.15) is 0 Å². The van der Waals surface area contributed by atoms with E-state index in [1.54, 1.807) is 19.1 Å². The van der Waals surface area contributed by atoms with E-state index in [1.165, 1.54) is 6.07 Å². The number of benzene rings is 2. The maximum Gasteiger partial charge on any atom is 1.00 e. The minimum absolute atomic E-state index is 0. The Balaban J connectivity index is 0.00000240. The third-order valence-electron chi connectivity index (χ3n) is 4.63. The minimum Gasteiger partial charge on any atom is -0.869 e. The van der Waals surface area contributed by atoms with Crippen LogP contribution in [0.25, 0.3) is 22.5 Å². The Morgan fingerprint density at radius 1 is 1.14 bits per heavy atom. The van der Waals surface area contributed by atoms with Gasteiger partial charge in [0.15, 0.2) is 5.76 Å². The van der Waals surface area contributed by atoms with Gasteiger partial charge in [0, 0.05) is 42.5 Å². The van der Waals surface area contributed by atoms with Gasteiger partial charge in [-0.1, -0.05) is 28.9 Å². The molecule has 0 saturated heterocycles. The molecule has 8 heteroatoms. The topological polar surface area (TPSA) is 81.4 Å². The molecule has 2 heterocycles. The predicted molar refractivity (Wildman–Crippen MR) is 108 cm³/mol. The summed E-state index contributed by atoms with van der Waals surface area (Å²) in [5.41, 5.74) is 4.28. The number of amides is 1. The van der Waals surface area contributed by atoms with E-state index in [0.29, 0.717) is 22.0 Å². The largest absolute Gasteiger partial charge is 1.00 e. The molecule has 0 aliphatic carbocycles. The molecule has 1 aliphatic heterocycles. The number of fused-ring (bicyclic) bond motifs is 1. The van der Waals surface area contributed by atoms with E-state index in [0.717, 1.165) is 16.8 Å². The molecule has 0 saturated carbocycles. The summed E-state index contributed by atoms with van der Waals surface area (Å²) in [5.74, 6) is -0.958. The van der Waals surface area contributed by atoms with E-state index < -0.39 is 11.7 Å². The number of nitrogens with zero attached hydrogens (tertiary/aromatic N) is 2. The number of rotatable bonds is 3. The van der Waals surface area contributed by atoms with Crippen molar-refractivity contribution in [3.05, 3.63) is 64.5 Å². The van der Waals surface area contributed by atoms with Crippen LogP contribution in [0.5, 0.6) is 0 Å². The quantitative estimate of drug-likeness (QED) is 0.382. The van der Waals surface area contributed by atoms with Gasteiger partial charge in [0.25, 0.3) is 5.91 Å². The number of aryl methyl sites for hydroxylation is 1. The Hall–Kier alpha value is -2.25. The normalized spacial score (nSPS) is 14.1. The summed E-state index contributed by atoms with van der Waals surface area (Å²) < 4.78 is 5.04. The Morgan fingerprint density at radius 3 is 2.41 bits per heavy atom. The fourth-order valence-corrected chi connectivity index (χ4v) is 3.44. The molecule has 3 aromatic rings. The Morgan fingerprint density at radius 2 is 1.83 bits per heavy atom. The Bertz CT molecular complexity index is 1120. The summed E-state index contributed by atoms with van der Waals surface area (Å²) in [7, 11) is 3.93. The fourth-order valence-electron chi connectivity index (χ4n) is 3.17. The first-order chi connectivity index (χ1) is 13.3. The molecule has 6 nitrogen and oxygen atoms in total. The number of nitrogens with one attached hydrogen (secondary N) is 1. The molecule has 4 rings (SSSR count). The van der Waals surface area contributed by atoms with E-state index in [2.05, 4.69) is 10.5 Å². The second kappa shape index (κ2) is 8.24. The summed E-state index contributed by atoms with van der Waals surface area (Å²) >= 11 is 6.46. The predicted octanol–water partition coefficient (Wildman–Crippen LogP) is 0.554. The fraction of sp³-hybridized carbons (Fsp3) is 0.143. The SMILES string of the molecule is Cc1cc(C([O-])=C2C(=O)Nc3cc(Cl)c(-c4ccc(N(C)C)cc4)cc32)on1.[Na+]. The van der Waals surface area contributed by atoms with Crippen LogP contribution in [0.1, 0.15) is 17.0 Å². The first-order valence-electron chi connectivity index (χ1n) is 8.63. The second-order valence-corrected chi connectivity index (χ2v) is 7.22. The molecule has 0 unspecified atom stereocenters. The van der Waals surface area contributed by atoms with Gasteiger partial charge in [0.2, 0.25) is 0 Å². The number of halogens is 1. The van der Waals surface area contributed by atoms with Gasteiger partial charge in [-0.15, -0.1) is 0 Å². The van der Waals surface area contributed by atoms with Gasteiger partial charge in [-0.3, -0.25) is 4.79 Å². The Labute approximate surface area is 195 Å². The number of carbonyl (C=O) groups excluding carboxylic acids is 1. The maximum absolute atomic E-state index is 12.8. The van der Waals surface area contributed by atoms with Crippen LogP contribution in [0.4, 0.5) is 11.4 Å². The zero-order chi connectivity index (χ0) is 20.0. The summed E-state index contributed by atoms with van der Waals surface area (Å²) in [4.78, 5) is 14.5.